The highest BCUT2D eigenvalue weighted by Crippen LogP contribution is 2.23. The van der Waals surface area contributed by atoms with Crippen LogP contribution in [0.5, 0.6) is 0 Å². The summed E-state index contributed by atoms with van der Waals surface area (Å²) in [6, 6.07) is 12.9. The third kappa shape index (κ3) is 4.07. The maximum atomic E-state index is 11.7. The monoisotopic (exact) mass is 315 g/mol. The van der Waals surface area contributed by atoms with Crippen LogP contribution in [0.3, 0.4) is 0 Å². The molecule has 0 aliphatic heterocycles. The number of hydroxylamine groups is 2. The first-order valence-electron chi connectivity index (χ1n) is 7.69. The van der Waals surface area contributed by atoms with Gasteiger partial charge in [-0.1, -0.05) is 55.8 Å². The van der Waals surface area contributed by atoms with Gasteiger partial charge in [0.15, 0.2) is 0 Å². The summed E-state index contributed by atoms with van der Waals surface area (Å²) in [6.45, 7) is 1.89. The molecular formula is C18H21NO4. The number of fused-ring (bicyclic) bond motifs is 1. The van der Waals surface area contributed by atoms with Crippen molar-refractivity contribution in [3.05, 3.63) is 48.0 Å². The zero-order chi connectivity index (χ0) is 16.8. The van der Waals surface area contributed by atoms with Crippen molar-refractivity contribution in [3.8, 4) is 0 Å². The second-order valence-electron chi connectivity index (χ2n) is 5.67. The van der Waals surface area contributed by atoms with Crippen molar-refractivity contribution in [1.82, 2.24) is 5.06 Å². The van der Waals surface area contributed by atoms with E-state index in [-0.39, 0.29) is 12.8 Å². The number of rotatable bonds is 8. The van der Waals surface area contributed by atoms with Gasteiger partial charge in [0.2, 0.25) is 6.41 Å². The average molecular weight is 315 g/mol. The molecule has 2 rings (SSSR count). The second kappa shape index (κ2) is 7.74. The molecule has 0 spiro atoms. The summed E-state index contributed by atoms with van der Waals surface area (Å²) >= 11 is 0. The van der Waals surface area contributed by atoms with Crippen LogP contribution >= 0.6 is 0 Å². The van der Waals surface area contributed by atoms with Crippen LogP contribution in [0.2, 0.25) is 0 Å². The summed E-state index contributed by atoms with van der Waals surface area (Å²) in [4.78, 5) is 22.5. The van der Waals surface area contributed by atoms with Crippen LogP contribution in [0.25, 0.3) is 10.8 Å². The highest BCUT2D eigenvalue weighted by Gasteiger charge is 2.31. The zero-order valence-electron chi connectivity index (χ0n) is 13.1. The van der Waals surface area contributed by atoms with Gasteiger partial charge >= 0.3 is 5.97 Å². The van der Waals surface area contributed by atoms with Gasteiger partial charge in [0, 0.05) is 0 Å². The lowest BCUT2D eigenvalue weighted by molar-refractivity contribution is -0.172. The van der Waals surface area contributed by atoms with Gasteiger partial charge in [0.1, 0.15) is 0 Å². The number of amides is 1. The number of hydrogen-bond acceptors (Lipinski definition) is 3. The normalized spacial score (nSPS) is 13.5. The molecule has 0 unspecified atom stereocenters. The third-order valence-corrected chi connectivity index (χ3v) is 4.08. The average Bonchev–Trinajstić information content (AvgIpc) is 2.57. The molecule has 0 radical (unpaired) electrons. The smallest absolute Gasteiger partial charge is 0.309 e. The maximum absolute atomic E-state index is 11.7. The van der Waals surface area contributed by atoms with Crippen LogP contribution < -0.4 is 0 Å². The Bertz CT molecular complexity index is 686. The van der Waals surface area contributed by atoms with E-state index in [0.717, 1.165) is 16.3 Å². The fraction of sp³-hybridized carbons (Fsp3) is 0.333. The SMILES string of the molecule is CCC[C@@H]([C@@H](Cc1ccc2ccccc2c1)C(=O)O)N(O)C=O. The first kappa shape index (κ1) is 17.0. The number of aliphatic carboxylic acids is 1. The van der Waals surface area contributed by atoms with E-state index in [0.29, 0.717) is 17.9 Å². The van der Waals surface area contributed by atoms with Gasteiger partial charge < -0.3 is 5.11 Å². The van der Waals surface area contributed by atoms with Crippen LogP contribution in [-0.4, -0.2) is 33.8 Å². The van der Waals surface area contributed by atoms with E-state index in [1.54, 1.807) is 0 Å². The molecule has 0 saturated heterocycles. The van der Waals surface area contributed by atoms with E-state index in [9.17, 15) is 19.9 Å². The van der Waals surface area contributed by atoms with Gasteiger partial charge in [-0.25, -0.2) is 5.06 Å². The minimum atomic E-state index is -1.02. The minimum Gasteiger partial charge on any atom is -0.481 e. The van der Waals surface area contributed by atoms with E-state index < -0.39 is 17.9 Å². The number of nitrogens with zero attached hydrogens (tertiary/aromatic N) is 1. The first-order valence-corrected chi connectivity index (χ1v) is 7.69. The Kier molecular flexibility index (Phi) is 5.71. The summed E-state index contributed by atoms with van der Waals surface area (Å²) in [5, 5.41) is 21.9. The fourth-order valence-corrected chi connectivity index (χ4v) is 2.90. The van der Waals surface area contributed by atoms with Crippen molar-refractivity contribution >= 4 is 23.2 Å². The highest BCUT2D eigenvalue weighted by atomic mass is 16.5. The number of carbonyl (C=O) groups is 2. The molecule has 0 fully saturated rings. The third-order valence-electron chi connectivity index (χ3n) is 4.08. The van der Waals surface area contributed by atoms with E-state index in [2.05, 4.69) is 0 Å². The van der Waals surface area contributed by atoms with Crippen LogP contribution in [0.1, 0.15) is 25.3 Å². The van der Waals surface area contributed by atoms with Crippen molar-refractivity contribution in [2.45, 2.75) is 32.2 Å². The molecular weight excluding hydrogens is 294 g/mol. The molecule has 122 valence electrons. The second-order valence-corrected chi connectivity index (χ2v) is 5.67. The lowest BCUT2D eigenvalue weighted by atomic mass is 9.88. The Balaban J connectivity index is 2.29. The Hall–Kier alpha value is -2.40. The van der Waals surface area contributed by atoms with Crippen LogP contribution in [-0.2, 0) is 16.0 Å². The molecule has 2 N–H and O–H groups in total. The highest BCUT2D eigenvalue weighted by molar-refractivity contribution is 5.83. The van der Waals surface area contributed by atoms with Crippen LogP contribution in [0.4, 0.5) is 0 Å². The fourth-order valence-electron chi connectivity index (χ4n) is 2.90. The summed E-state index contributed by atoms with van der Waals surface area (Å²) in [5.74, 6) is -1.87. The summed E-state index contributed by atoms with van der Waals surface area (Å²) in [7, 11) is 0. The van der Waals surface area contributed by atoms with E-state index in [1.165, 1.54) is 0 Å². The molecule has 2 aromatic rings. The molecule has 23 heavy (non-hydrogen) atoms. The Morgan fingerprint density at radius 2 is 1.91 bits per heavy atom. The Labute approximate surface area is 135 Å². The molecule has 0 bridgehead atoms. The summed E-state index contributed by atoms with van der Waals surface area (Å²) in [5.41, 5.74) is 0.872. The molecule has 1 amide bonds. The van der Waals surface area contributed by atoms with Crippen molar-refractivity contribution in [2.24, 2.45) is 5.92 Å². The van der Waals surface area contributed by atoms with Crippen molar-refractivity contribution in [2.75, 3.05) is 0 Å². The predicted octanol–water partition coefficient (Wildman–Crippen LogP) is 3.10. The number of carbonyl (C=O) groups excluding carboxylic acids is 1. The quantitative estimate of drug-likeness (QED) is 0.446. The zero-order valence-corrected chi connectivity index (χ0v) is 13.1. The largest absolute Gasteiger partial charge is 0.481 e. The van der Waals surface area contributed by atoms with Gasteiger partial charge in [0.25, 0.3) is 0 Å². The minimum absolute atomic E-state index is 0.260. The topological polar surface area (TPSA) is 77.8 Å². The molecule has 0 aromatic heterocycles. The molecule has 0 aliphatic rings. The summed E-state index contributed by atoms with van der Waals surface area (Å²) < 4.78 is 0. The van der Waals surface area contributed by atoms with Gasteiger partial charge in [0.05, 0.1) is 12.0 Å². The molecule has 0 saturated carbocycles. The van der Waals surface area contributed by atoms with Gasteiger partial charge in [-0.05, 0) is 29.2 Å². The molecule has 0 aliphatic carbocycles. The van der Waals surface area contributed by atoms with E-state index in [4.69, 9.17) is 0 Å². The maximum Gasteiger partial charge on any atom is 0.309 e. The van der Waals surface area contributed by atoms with Crippen molar-refractivity contribution < 1.29 is 19.9 Å². The van der Waals surface area contributed by atoms with Crippen molar-refractivity contribution in [3.63, 3.8) is 0 Å². The Morgan fingerprint density at radius 1 is 1.22 bits per heavy atom. The van der Waals surface area contributed by atoms with Crippen molar-refractivity contribution in [1.29, 1.82) is 0 Å². The number of benzene rings is 2. The first-order chi connectivity index (χ1) is 11.1. The molecule has 5 nitrogen and oxygen atoms in total. The van der Waals surface area contributed by atoms with Crippen LogP contribution in [0, 0.1) is 5.92 Å². The van der Waals surface area contributed by atoms with Crippen LogP contribution in [0.15, 0.2) is 42.5 Å². The molecule has 2 atom stereocenters. The summed E-state index contributed by atoms with van der Waals surface area (Å²) in [6.07, 6.45) is 1.64. The van der Waals surface area contributed by atoms with Gasteiger partial charge in [-0.3, -0.25) is 14.8 Å². The molecule has 0 heterocycles. The molecule has 2 aromatic carbocycles. The number of hydrogen-bond donors (Lipinski definition) is 2. The number of carboxylic acid groups (broad SMARTS) is 1. The van der Waals surface area contributed by atoms with Gasteiger partial charge in [-0.2, -0.15) is 0 Å². The van der Waals surface area contributed by atoms with E-state index in [1.807, 2.05) is 49.4 Å². The lowest BCUT2D eigenvalue weighted by Gasteiger charge is -2.28. The van der Waals surface area contributed by atoms with Gasteiger partial charge in [-0.15, -0.1) is 0 Å². The predicted molar refractivity (Wildman–Crippen MR) is 87.2 cm³/mol. The lowest BCUT2D eigenvalue weighted by Crippen LogP contribution is -2.42. The Morgan fingerprint density at radius 3 is 2.52 bits per heavy atom. The standard InChI is InChI=1S/C18H21NO4/c1-2-5-17(19(23)12-20)16(18(21)22)11-13-8-9-14-6-3-4-7-15(14)10-13/h3-4,6-10,12,16-17,23H,2,5,11H2,1H3,(H,21,22)/t16-,17+/m1/s1. The van der Waals surface area contributed by atoms with E-state index >= 15 is 0 Å². The molecule has 5 heteroatoms. The number of carboxylic acids is 1.